The van der Waals surface area contributed by atoms with Crippen LogP contribution in [0.5, 0.6) is 0 Å². The summed E-state index contributed by atoms with van der Waals surface area (Å²) in [6, 6.07) is 5.59. The van der Waals surface area contributed by atoms with Crippen molar-refractivity contribution in [2.45, 2.75) is 25.0 Å². The van der Waals surface area contributed by atoms with E-state index < -0.39 is 14.9 Å². The summed E-state index contributed by atoms with van der Waals surface area (Å²) in [5, 5.41) is 13.9. The van der Waals surface area contributed by atoms with E-state index in [0.717, 1.165) is 32.4 Å². The maximum Gasteiger partial charge on any atom is 0.269 e. The largest absolute Gasteiger partial charge is 0.316 e. The van der Waals surface area contributed by atoms with Crippen molar-refractivity contribution in [1.82, 2.24) is 10.0 Å². The molecule has 1 unspecified atom stereocenters. The van der Waals surface area contributed by atoms with Crippen LogP contribution in [-0.2, 0) is 15.8 Å². The zero-order chi connectivity index (χ0) is 16.0. The Morgan fingerprint density at radius 1 is 1.30 bits per heavy atom. The highest BCUT2D eigenvalue weighted by molar-refractivity contribution is 7.88. The van der Waals surface area contributed by atoms with E-state index in [2.05, 4.69) is 10.0 Å². The van der Waals surface area contributed by atoms with Crippen molar-refractivity contribution in [1.29, 1.82) is 0 Å². The predicted octanol–water partition coefficient (Wildman–Crippen LogP) is 1.83. The normalized spacial score (nSPS) is 18.2. The second-order valence-electron chi connectivity index (χ2n) is 5.58. The van der Waals surface area contributed by atoms with Crippen molar-refractivity contribution in [3.8, 4) is 0 Å². The van der Waals surface area contributed by atoms with Gasteiger partial charge in [0.15, 0.2) is 0 Å². The number of halogens is 1. The summed E-state index contributed by atoms with van der Waals surface area (Å²) in [4.78, 5) is 10.1. The molecule has 0 aliphatic carbocycles. The Bertz CT molecular complexity index is 601. The molecule has 23 heavy (non-hydrogen) atoms. The third-order valence-electron chi connectivity index (χ3n) is 3.78. The second kappa shape index (κ2) is 9.17. The lowest BCUT2D eigenvalue weighted by atomic mass is 9.96. The highest BCUT2D eigenvalue weighted by Crippen LogP contribution is 2.15. The first-order valence-electron chi connectivity index (χ1n) is 7.38. The molecule has 1 aromatic carbocycles. The lowest BCUT2D eigenvalue weighted by molar-refractivity contribution is -0.384. The summed E-state index contributed by atoms with van der Waals surface area (Å²) in [5.74, 6) is 0.365. The van der Waals surface area contributed by atoms with Crippen LogP contribution in [-0.4, -0.2) is 33.0 Å². The first kappa shape index (κ1) is 19.8. The molecule has 0 amide bonds. The SMILES string of the molecule is Cl.O=[N+]([O-])c1ccc(CS(=O)(=O)NCCC2CCCNC2)cc1. The van der Waals surface area contributed by atoms with E-state index in [0.29, 0.717) is 18.0 Å². The topological polar surface area (TPSA) is 101 Å². The van der Waals surface area contributed by atoms with Gasteiger partial charge in [-0.15, -0.1) is 12.4 Å². The maximum atomic E-state index is 12.0. The van der Waals surface area contributed by atoms with Crippen LogP contribution in [0.4, 0.5) is 5.69 Å². The second-order valence-corrected chi connectivity index (χ2v) is 7.38. The van der Waals surface area contributed by atoms with Crippen LogP contribution < -0.4 is 10.0 Å². The summed E-state index contributed by atoms with van der Waals surface area (Å²) in [5.41, 5.74) is 0.497. The fraction of sp³-hybridized carbons (Fsp3) is 0.571. The van der Waals surface area contributed by atoms with E-state index in [9.17, 15) is 18.5 Å². The van der Waals surface area contributed by atoms with Crippen molar-refractivity contribution in [2.75, 3.05) is 19.6 Å². The van der Waals surface area contributed by atoms with Gasteiger partial charge in [-0.05, 0) is 43.8 Å². The van der Waals surface area contributed by atoms with Crippen LogP contribution in [0.2, 0.25) is 0 Å². The molecule has 130 valence electrons. The molecular weight excluding hydrogens is 342 g/mol. The number of rotatable bonds is 7. The van der Waals surface area contributed by atoms with Crippen LogP contribution >= 0.6 is 12.4 Å². The molecule has 1 fully saturated rings. The first-order valence-corrected chi connectivity index (χ1v) is 9.03. The van der Waals surface area contributed by atoms with Crippen LogP contribution in [0, 0.1) is 16.0 Å². The zero-order valence-corrected chi connectivity index (χ0v) is 14.4. The van der Waals surface area contributed by atoms with Gasteiger partial charge in [0.05, 0.1) is 10.7 Å². The molecule has 2 N–H and O–H groups in total. The Hall–Kier alpha value is -1.22. The summed E-state index contributed by atoms with van der Waals surface area (Å²) in [7, 11) is -3.41. The molecule has 1 aliphatic rings. The van der Waals surface area contributed by atoms with Crippen LogP contribution in [0.1, 0.15) is 24.8 Å². The monoisotopic (exact) mass is 363 g/mol. The minimum Gasteiger partial charge on any atom is -0.316 e. The molecule has 7 nitrogen and oxygen atoms in total. The van der Waals surface area contributed by atoms with Gasteiger partial charge < -0.3 is 5.32 Å². The molecule has 0 radical (unpaired) electrons. The van der Waals surface area contributed by atoms with Gasteiger partial charge in [0.2, 0.25) is 10.0 Å². The van der Waals surface area contributed by atoms with Gasteiger partial charge in [-0.3, -0.25) is 10.1 Å². The van der Waals surface area contributed by atoms with E-state index in [1.54, 1.807) is 0 Å². The predicted molar refractivity (Wildman–Crippen MR) is 91.2 cm³/mol. The Labute approximate surface area is 142 Å². The van der Waals surface area contributed by atoms with Gasteiger partial charge in [0.25, 0.3) is 5.69 Å². The van der Waals surface area contributed by atoms with Crippen molar-refractivity contribution in [3.05, 3.63) is 39.9 Å². The zero-order valence-electron chi connectivity index (χ0n) is 12.7. The fourth-order valence-electron chi connectivity index (χ4n) is 2.57. The van der Waals surface area contributed by atoms with Gasteiger partial charge in [0.1, 0.15) is 0 Å². The Morgan fingerprint density at radius 3 is 2.57 bits per heavy atom. The van der Waals surface area contributed by atoms with E-state index in [4.69, 9.17) is 0 Å². The molecule has 1 aromatic rings. The van der Waals surface area contributed by atoms with Crippen molar-refractivity contribution >= 4 is 28.1 Å². The molecule has 0 aromatic heterocycles. The van der Waals surface area contributed by atoms with Gasteiger partial charge in [-0.25, -0.2) is 13.1 Å². The number of non-ortho nitro benzene ring substituents is 1. The lowest BCUT2D eigenvalue weighted by Gasteiger charge is -2.22. The number of nitrogens with one attached hydrogen (secondary N) is 2. The van der Waals surface area contributed by atoms with Crippen LogP contribution in [0.3, 0.4) is 0 Å². The quantitative estimate of drug-likeness (QED) is 0.568. The molecule has 1 aliphatic heterocycles. The van der Waals surface area contributed by atoms with Gasteiger partial charge >= 0.3 is 0 Å². The smallest absolute Gasteiger partial charge is 0.269 e. The number of piperidine rings is 1. The molecule has 0 bridgehead atoms. The molecule has 9 heteroatoms. The summed E-state index contributed by atoms with van der Waals surface area (Å²) < 4.78 is 26.6. The standard InChI is InChI=1S/C14H21N3O4S.ClH/c18-17(19)14-5-3-13(4-6-14)11-22(20,21)16-9-7-12-2-1-8-15-10-12;/h3-6,12,15-16H,1-2,7-11H2;1H. The Morgan fingerprint density at radius 2 is 2.00 bits per heavy atom. The van der Waals surface area contributed by atoms with Crippen LogP contribution in [0.25, 0.3) is 0 Å². The Balaban J connectivity index is 0.00000264. The number of nitro benzene ring substituents is 1. The van der Waals surface area contributed by atoms with Crippen molar-refractivity contribution in [2.24, 2.45) is 5.92 Å². The molecule has 1 saturated heterocycles. The fourth-order valence-corrected chi connectivity index (χ4v) is 3.74. The number of nitrogens with zero attached hydrogens (tertiary/aromatic N) is 1. The first-order chi connectivity index (χ1) is 10.5. The molecule has 2 rings (SSSR count). The molecular formula is C14H22ClN3O4S. The number of benzene rings is 1. The average Bonchev–Trinajstić information content (AvgIpc) is 2.48. The van der Waals surface area contributed by atoms with Gasteiger partial charge in [-0.1, -0.05) is 12.1 Å². The molecule has 0 saturated carbocycles. The third-order valence-corrected chi connectivity index (χ3v) is 5.13. The van der Waals surface area contributed by atoms with E-state index in [1.165, 1.54) is 24.3 Å². The maximum absolute atomic E-state index is 12.0. The minimum absolute atomic E-state index is 0. The Kier molecular flexibility index (Phi) is 7.90. The molecule has 1 atom stereocenters. The highest BCUT2D eigenvalue weighted by Gasteiger charge is 2.16. The van der Waals surface area contributed by atoms with Crippen LogP contribution in [0.15, 0.2) is 24.3 Å². The van der Waals surface area contributed by atoms with Gasteiger partial charge in [-0.2, -0.15) is 0 Å². The number of nitro groups is 1. The minimum atomic E-state index is -3.41. The van der Waals surface area contributed by atoms with E-state index in [1.807, 2.05) is 0 Å². The van der Waals surface area contributed by atoms with Crippen molar-refractivity contribution < 1.29 is 13.3 Å². The summed E-state index contributed by atoms with van der Waals surface area (Å²) in [6.45, 7) is 2.42. The van der Waals surface area contributed by atoms with E-state index in [-0.39, 0.29) is 23.8 Å². The average molecular weight is 364 g/mol. The lowest BCUT2D eigenvalue weighted by Crippen LogP contribution is -2.33. The highest BCUT2D eigenvalue weighted by atomic mass is 35.5. The molecule has 0 spiro atoms. The number of hydrogen-bond donors (Lipinski definition) is 2. The third kappa shape index (κ3) is 6.82. The number of sulfonamides is 1. The summed E-state index contributed by atoms with van der Waals surface area (Å²) >= 11 is 0. The van der Waals surface area contributed by atoms with E-state index >= 15 is 0 Å². The van der Waals surface area contributed by atoms with Gasteiger partial charge in [0, 0.05) is 18.7 Å². The number of hydrogen-bond acceptors (Lipinski definition) is 5. The molecule has 1 heterocycles. The summed E-state index contributed by atoms with van der Waals surface area (Å²) in [6.07, 6.45) is 3.10. The van der Waals surface area contributed by atoms with Crippen molar-refractivity contribution in [3.63, 3.8) is 0 Å².